The second-order valence-electron chi connectivity index (χ2n) is 4.90. The lowest BCUT2D eigenvalue weighted by molar-refractivity contribution is 0.219. The van der Waals surface area contributed by atoms with Gasteiger partial charge >= 0.3 is 0 Å². The summed E-state index contributed by atoms with van der Waals surface area (Å²) in [6, 6.07) is 12.6. The topological polar surface area (TPSA) is 59.0 Å². The lowest BCUT2D eigenvalue weighted by Crippen LogP contribution is -2.47. The Balaban J connectivity index is 1.65. The Morgan fingerprint density at radius 3 is 2.50 bits per heavy atom. The van der Waals surface area contributed by atoms with Gasteiger partial charge in [0.1, 0.15) is 6.04 Å². The van der Waals surface area contributed by atoms with Crippen LogP contribution >= 0.6 is 0 Å². The number of imidazole rings is 1. The molecule has 0 saturated carbocycles. The van der Waals surface area contributed by atoms with Crippen LogP contribution in [0.25, 0.3) is 0 Å². The van der Waals surface area contributed by atoms with E-state index in [1.165, 1.54) is 5.69 Å². The molecule has 5 nitrogen and oxygen atoms in total. The Hall–Kier alpha value is -2.32. The van der Waals surface area contributed by atoms with Gasteiger partial charge in [0.15, 0.2) is 0 Å². The molecule has 0 amide bonds. The highest BCUT2D eigenvalue weighted by Crippen LogP contribution is 2.22. The maximum Gasteiger partial charge on any atom is 0.140 e. The summed E-state index contributed by atoms with van der Waals surface area (Å²) in [7, 11) is 0. The number of benzene rings is 1. The van der Waals surface area contributed by atoms with Crippen LogP contribution in [0, 0.1) is 11.3 Å². The molecule has 0 radical (unpaired) electrons. The molecule has 102 valence electrons. The van der Waals surface area contributed by atoms with Crippen LogP contribution in [0.4, 0.5) is 5.69 Å². The fourth-order valence-corrected chi connectivity index (χ4v) is 2.64. The minimum atomic E-state index is -0.226. The number of hydrogen-bond donors (Lipinski definition) is 1. The van der Waals surface area contributed by atoms with Crippen molar-refractivity contribution in [1.29, 1.82) is 5.26 Å². The molecule has 1 aromatic carbocycles. The predicted molar refractivity (Wildman–Crippen MR) is 77.2 cm³/mol. The van der Waals surface area contributed by atoms with Crippen molar-refractivity contribution in [3.63, 3.8) is 0 Å². The highest BCUT2D eigenvalue weighted by atomic mass is 15.3. The number of rotatable bonds is 3. The van der Waals surface area contributed by atoms with E-state index in [4.69, 9.17) is 0 Å². The molecule has 0 aliphatic carbocycles. The summed E-state index contributed by atoms with van der Waals surface area (Å²) in [6.45, 7) is 3.64. The number of nitrogens with zero attached hydrogens (tertiary/aromatic N) is 4. The first-order valence-corrected chi connectivity index (χ1v) is 6.80. The summed E-state index contributed by atoms with van der Waals surface area (Å²) in [5.41, 5.74) is 2.13. The van der Waals surface area contributed by atoms with Crippen LogP contribution in [0.5, 0.6) is 0 Å². The van der Waals surface area contributed by atoms with Crippen molar-refractivity contribution in [2.75, 3.05) is 31.1 Å². The number of aromatic amines is 1. The number of aromatic nitrogens is 2. The first-order valence-electron chi connectivity index (χ1n) is 6.80. The Labute approximate surface area is 118 Å². The highest BCUT2D eigenvalue weighted by Gasteiger charge is 2.25. The Kier molecular flexibility index (Phi) is 3.66. The molecular weight excluding hydrogens is 250 g/mol. The smallest absolute Gasteiger partial charge is 0.140 e. The van der Waals surface area contributed by atoms with Gasteiger partial charge in [-0.1, -0.05) is 18.2 Å². The van der Waals surface area contributed by atoms with E-state index in [2.05, 4.69) is 50.1 Å². The number of hydrogen-bond acceptors (Lipinski definition) is 4. The first kappa shape index (κ1) is 12.7. The average molecular weight is 267 g/mol. The monoisotopic (exact) mass is 267 g/mol. The summed E-state index contributed by atoms with van der Waals surface area (Å²) in [5.74, 6) is 0. The van der Waals surface area contributed by atoms with Gasteiger partial charge in [-0.05, 0) is 12.1 Å². The summed E-state index contributed by atoms with van der Waals surface area (Å²) < 4.78 is 0. The van der Waals surface area contributed by atoms with E-state index in [9.17, 15) is 5.26 Å². The van der Waals surface area contributed by atoms with Crippen molar-refractivity contribution in [2.24, 2.45) is 0 Å². The van der Waals surface area contributed by atoms with Crippen LogP contribution in [0.15, 0.2) is 42.9 Å². The Morgan fingerprint density at radius 1 is 1.15 bits per heavy atom. The zero-order valence-electron chi connectivity index (χ0n) is 11.2. The van der Waals surface area contributed by atoms with E-state index < -0.39 is 0 Å². The van der Waals surface area contributed by atoms with Crippen LogP contribution in [0.2, 0.25) is 0 Å². The van der Waals surface area contributed by atoms with E-state index in [-0.39, 0.29) is 6.04 Å². The normalized spacial score (nSPS) is 17.6. The fraction of sp³-hybridized carbons (Fsp3) is 0.333. The number of nitrogens with one attached hydrogen (secondary N) is 1. The number of piperazine rings is 1. The van der Waals surface area contributed by atoms with Crippen LogP contribution in [-0.2, 0) is 0 Å². The minimum Gasteiger partial charge on any atom is -0.369 e. The number of anilines is 1. The third kappa shape index (κ3) is 2.51. The average Bonchev–Trinajstić information content (AvgIpc) is 3.04. The summed E-state index contributed by atoms with van der Waals surface area (Å²) in [5, 5.41) is 9.38. The lowest BCUT2D eigenvalue weighted by Gasteiger charge is -2.37. The Morgan fingerprint density at radius 2 is 1.90 bits per heavy atom. The molecule has 2 aromatic rings. The van der Waals surface area contributed by atoms with Gasteiger partial charge in [0.2, 0.25) is 0 Å². The second kappa shape index (κ2) is 5.76. The van der Waals surface area contributed by atoms with Crippen LogP contribution in [0.1, 0.15) is 11.7 Å². The van der Waals surface area contributed by atoms with Gasteiger partial charge in [-0.25, -0.2) is 4.98 Å². The van der Waals surface area contributed by atoms with Crippen molar-refractivity contribution >= 4 is 5.69 Å². The molecule has 1 aliphatic heterocycles. The zero-order valence-corrected chi connectivity index (χ0v) is 11.2. The molecule has 1 fully saturated rings. The van der Waals surface area contributed by atoms with Gasteiger partial charge in [0, 0.05) is 31.9 Å². The van der Waals surface area contributed by atoms with E-state index in [0.29, 0.717) is 0 Å². The molecular formula is C15H17N5. The highest BCUT2D eigenvalue weighted by molar-refractivity contribution is 5.46. The van der Waals surface area contributed by atoms with E-state index in [1.54, 1.807) is 12.5 Å². The summed E-state index contributed by atoms with van der Waals surface area (Å²) >= 11 is 0. The quantitative estimate of drug-likeness (QED) is 0.921. The number of H-pyrrole nitrogens is 1. The minimum absolute atomic E-state index is 0.226. The van der Waals surface area contributed by atoms with Gasteiger partial charge in [-0.2, -0.15) is 5.26 Å². The van der Waals surface area contributed by atoms with Gasteiger partial charge in [-0.3, -0.25) is 4.90 Å². The standard InChI is InChI=1S/C15H17N5/c16-10-15(14-11-17-12-18-14)20-8-6-19(7-9-20)13-4-2-1-3-5-13/h1-5,11-12,15H,6-9H2,(H,17,18). The third-order valence-corrected chi connectivity index (χ3v) is 3.74. The lowest BCUT2D eigenvalue weighted by atomic mass is 10.1. The largest absolute Gasteiger partial charge is 0.369 e. The van der Waals surface area contributed by atoms with Gasteiger partial charge < -0.3 is 9.88 Å². The molecule has 1 saturated heterocycles. The third-order valence-electron chi connectivity index (χ3n) is 3.74. The van der Waals surface area contributed by atoms with Gasteiger partial charge in [0.05, 0.1) is 24.3 Å². The zero-order chi connectivity index (χ0) is 13.8. The van der Waals surface area contributed by atoms with E-state index >= 15 is 0 Å². The Bertz CT molecular complexity index is 564. The van der Waals surface area contributed by atoms with Gasteiger partial charge in [0.25, 0.3) is 0 Å². The molecule has 0 bridgehead atoms. The maximum absolute atomic E-state index is 9.38. The van der Waals surface area contributed by atoms with Crippen molar-refractivity contribution in [2.45, 2.75) is 6.04 Å². The van der Waals surface area contributed by atoms with Crippen LogP contribution in [-0.4, -0.2) is 41.0 Å². The van der Waals surface area contributed by atoms with Crippen LogP contribution < -0.4 is 4.90 Å². The summed E-state index contributed by atoms with van der Waals surface area (Å²) in [6.07, 6.45) is 3.36. The molecule has 1 unspecified atom stereocenters. The molecule has 3 rings (SSSR count). The molecule has 5 heteroatoms. The molecule has 2 heterocycles. The van der Waals surface area contributed by atoms with Crippen molar-refractivity contribution in [3.8, 4) is 6.07 Å². The molecule has 1 atom stereocenters. The van der Waals surface area contributed by atoms with Crippen molar-refractivity contribution in [3.05, 3.63) is 48.5 Å². The number of para-hydroxylation sites is 1. The summed E-state index contributed by atoms with van der Waals surface area (Å²) in [4.78, 5) is 11.6. The number of nitriles is 1. The molecule has 0 spiro atoms. The molecule has 1 aliphatic rings. The maximum atomic E-state index is 9.38. The van der Waals surface area contributed by atoms with Gasteiger partial charge in [-0.15, -0.1) is 0 Å². The molecule has 1 aromatic heterocycles. The van der Waals surface area contributed by atoms with E-state index in [0.717, 1.165) is 31.9 Å². The predicted octanol–water partition coefficient (Wildman–Crippen LogP) is 1.80. The molecule has 20 heavy (non-hydrogen) atoms. The van der Waals surface area contributed by atoms with E-state index in [1.807, 2.05) is 6.07 Å². The van der Waals surface area contributed by atoms with Crippen molar-refractivity contribution in [1.82, 2.24) is 14.9 Å². The SMILES string of the molecule is N#CC(c1cnc[nH]1)N1CCN(c2ccccc2)CC1. The van der Waals surface area contributed by atoms with Crippen molar-refractivity contribution < 1.29 is 0 Å². The fourth-order valence-electron chi connectivity index (χ4n) is 2.64. The second-order valence-corrected chi connectivity index (χ2v) is 4.90. The molecule has 1 N–H and O–H groups in total. The van der Waals surface area contributed by atoms with Crippen LogP contribution in [0.3, 0.4) is 0 Å². The first-order chi connectivity index (χ1) is 9.88.